The Labute approximate surface area is 245 Å². The molecule has 1 aliphatic rings. The van der Waals surface area contributed by atoms with E-state index in [2.05, 4.69) is 10.5 Å². The minimum Gasteiger partial charge on any atom is -0.867 e. The largest absolute Gasteiger partial charge is 0.867 e. The molecule has 0 unspecified atom stereocenters. The smallest absolute Gasteiger partial charge is 0.266 e. The molecule has 0 fully saturated rings. The number of carbonyl (C=O) groups excluding carboxylic acids is 1. The number of amides is 1. The average Bonchev–Trinajstić information content (AvgIpc) is 3.55. The van der Waals surface area contributed by atoms with Gasteiger partial charge >= 0.3 is 0 Å². The molecule has 1 N–H and O–H groups in total. The van der Waals surface area contributed by atoms with Gasteiger partial charge < -0.3 is 23.6 Å². The Hall–Kier alpha value is -5.39. The summed E-state index contributed by atoms with van der Waals surface area (Å²) in [7, 11) is 3.14. The van der Waals surface area contributed by atoms with Crippen molar-refractivity contribution in [2.45, 2.75) is 38.6 Å². The molecule has 0 radical (unpaired) electrons. The number of nitrogens with zero attached hydrogens (tertiary/aromatic N) is 4. The van der Waals surface area contributed by atoms with Gasteiger partial charge in [-0.3, -0.25) is 14.9 Å². The molecule has 0 saturated carbocycles. The highest BCUT2D eigenvalue weighted by Crippen LogP contribution is 2.40. The Morgan fingerprint density at radius 2 is 1.93 bits per heavy atom. The van der Waals surface area contributed by atoms with Gasteiger partial charge in [0, 0.05) is 29.4 Å². The van der Waals surface area contributed by atoms with Crippen LogP contribution < -0.4 is 20.0 Å². The summed E-state index contributed by atoms with van der Waals surface area (Å²) in [6.07, 6.45) is 4.85. The van der Waals surface area contributed by atoms with Gasteiger partial charge in [-0.1, -0.05) is 18.2 Å². The van der Waals surface area contributed by atoms with E-state index < -0.39 is 22.3 Å². The lowest BCUT2D eigenvalue weighted by Crippen LogP contribution is -2.24. The van der Waals surface area contributed by atoms with Gasteiger partial charge in [-0.05, 0) is 54.8 Å². The molecule has 0 spiro atoms. The number of nitro groups is 1. The number of ether oxygens (including phenoxy) is 2. The first-order valence-corrected chi connectivity index (χ1v) is 13.8. The van der Waals surface area contributed by atoms with Gasteiger partial charge in [0.05, 0.1) is 42.5 Å². The topological polar surface area (TPSA) is 157 Å². The highest BCUT2D eigenvalue weighted by Gasteiger charge is 2.24. The number of fused-ring (bicyclic) bond motifs is 4. The molecule has 5 aromatic rings. The molecule has 6 rings (SSSR count). The number of aromatic nitrogens is 2. The Kier molecular flexibility index (Phi) is 7.41. The van der Waals surface area contributed by atoms with Crippen molar-refractivity contribution in [2.75, 3.05) is 14.2 Å². The number of aryl methyl sites for hydroxylation is 2. The highest BCUT2D eigenvalue weighted by atomic mass is 16.6. The monoisotopic (exact) mass is 582 g/mol. The van der Waals surface area contributed by atoms with E-state index in [1.54, 1.807) is 18.8 Å². The SMILES string of the molecule is COc1ccc(Cc2nc3ccccc3n2CC(=O)N/N=C\c2c([O-])c([N+](=O)[O-])cc3oc4c(c23)CCCC4)cc1OC. The van der Waals surface area contributed by atoms with Crippen LogP contribution in [0.3, 0.4) is 0 Å². The third kappa shape index (κ3) is 5.23. The number of carbonyl (C=O) groups is 1. The number of nitro benzene ring substituents is 1. The molecule has 220 valence electrons. The molecule has 3 aromatic carbocycles. The van der Waals surface area contributed by atoms with Crippen LogP contribution in [0.5, 0.6) is 17.2 Å². The summed E-state index contributed by atoms with van der Waals surface area (Å²) in [5.41, 5.74) is 5.45. The lowest BCUT2D eigenvalue weighted by atomic mass is 9.93. The number of para-hydroxylation sites is 2. The van der Waals surface area contributed by atoms with Crippen LogP contribution in [0.4, 0.5) is 5.69 Å². The second kappa shape index (κ2) is 11.5. The zero-order chi connectivity index (χ0) is 30.1. The molecule has 0 bridgehead atoms. The molecule has 12 heteroatoms. The third-order valence-corrected chi connectivity index (χ3v) is 7.64. The van der Waals surface area contributed by atoms with E-state index in [1.807, 2.05) is 42.5 Å². The normalized spacial score (nSPS) is 13.0. The number of rotatable bonds is 9. The summed E-state index contributed by atoms with van der Waals surface area (Å²) in [6, 6.07) is 14.2. The Balaban J connectivity index is 1.28. The van der Waals surface area contributed by atoms with Gasteiger partial charge in [0.1, 0.15) is 23.7 Å². The first-order chi connectivity index (χ1) is 20.9. The summed E-state index contributed by atoms with van der Waals surface area (Å²) < 4.78 is 18.5. The molecule has 0 saturated heterocycles. The van der Waals surface area contributed by atoms with Crippen molar-refractivity contribution in [3.05, 3.63) is 86.9 Å². The predicted octanol–water partition coefficient (Wildman–Crippen LogP) is 4.40. The van der Waals surface area contributed by atoms with Crippen molar-refractivity contribution in [1.29, 1.82) is 0 Å². The zero-order valence-electron chi connectivity index (χ0n) is 23.6. The van der Waals surface area contributed by atoms with Gasteiger partial charge in [-0.2, -0.15) is 5.10 Å². The second-order valence-electron chi connectivity index (χ2n) is 10.2. The number of imidazole rings is 1. The van der Waals surface area contributed by atoms with Crippen LogP contribution >= 0.6 is 0 Å². The lowest BCUT2D eigenvalue weighted by Gasteiger charge is -2.14. The van der Waals surface area contributed by atoms with Gasteiger partial charge in [-0.25, -0.2) is 10.4 Å². The lowest BCUT2D eigenvalue weighted by molar-refractivity contribution is -0.398. The molecular formula is C31H28N5O7-. The average molecular weight is 583 g/mol. The van der Waals surface area contributed by atoms with Crippen molar-refractivity contribution in [3.8, 4) is 17.2 Å². The number of methoxy groups -OCH3 is 2. The fourth-order valence-corrected chi connectivity index (χ4v) is 5.64. The molecule has 12 nitrogen and oxygen atoms in total. The minimum atomic E-state index is -0.775. The minimum absolute atomic E-state index is 0.0265. The first kappa shape index (κ1) is 27.8. The molecule has 1 amide bonds. The molecule has 1 aliphatic carbocycles. The standard InChI is InChI=1S/C31H29N5O7/c1-41-25-12-11-18(13-26(25)42-2)14-28-33-21-8-4-5-9-22(21)35(28)17-29(37)34-32-16-20-30-19-7-3-6-10-24(19)43-27(30)15-23(31(20)38)36(39)40/h4-5,8-9,11-13,15-16,38H,3,6-7,10,14,17H2,1-2H3,(H,34,37)/p-1/b32-16-. The maximum atomic E-state index is 13.1. The van der Waals surface area contributed by atoms with Gasteiger partial charge in [0.25, 0.3) is 11.6 Å². The maximum absolute atomic E-state index is 13.1. The van der Waals surface area contributed by atoms with Crippen LogP contribution in [0.2, 0.25) is 0 Å². The Morgan fingerprint density at radius 1 is 1.14 bits per heavy atom. The van der Waals surface area contributed by atoms with Crippen molar-refractivity contribution < 1.29 is 28.7 Å². The number of nitrogens with one attached hydrogen (secondary N) is 1. The number of benzene rings is 3. The molecule has 0 aliphatic heterocycles. The molecular weight excluding hydrogens is 554 g/mol. The highest BCUT2D eigenvalue weighted by molar-refractivity contribution is 6.05. The van der Waals surface area contributed by atoms with Crippen LogP contribution in [0.25, 0.3) is 22.0 Å². The third-order valence-electron chi connectivity index (χ3n) is 7.64. The van der Waals surface area contributed by atoms with Crippen LogP contribution in [-0.4, -0.2) is 40.8 Å². The van der Waals surface area contributed by atoms with Crippen LogP contribution in [0.1, 0.15) is 41.1 Å². The maximum Gasteiger partial charge on any atom is 0.266 e. The summed E-state index contributed by atoms with van der Waals surface area (Å²) in [6.45, 7) is -0.101. The summed E-state index contributed by atoms with van der Waals surface area (Å²) in [5, 5.41) is 29.2. The second-order valence-corrected chi connectivity index (χ2v) is 10.2. The van der Waals surface area contributed by atoms with Crippen molar-refractivity contribution in [2.24, 2.45) is 5.10 Å². The Bertz CT molecular complexity index is 1910. The fourth-order valence-electron chi connectivity index (χ4n) is 5.64. The number of hydrazone groups is 1. The van der Waals surface area contributed by atoms with E-state index in [-0.39, 0.29) is 17.7 Å². The fraction of sp³-hybridized carbons (Fsp3) is 0.258. The molecule has 2 aromatic heterocycles. The van der Waals surface area contributed by atoms with E-state index in [0.29, 0.717) is 42.0 Å². The van der Waals surface area contributed by atoms with E-state index in [1.165, 1.54) is 12.3 Å². The van der Waals surface area contributed by atoms with E-state index in [4.69, 9.17) is 18.9 Å². The first-order valence-electron chi connectivity index (χ1n) is 13.8. The summed E-state index contributed by atoms with van der Waals surface area (Å²) in [4.78, 5) is 28.7. The Morgan fingerprint density at radius 3 is 2.72 bits per heavy atom. The van der Waals surface area contributed by atoms with Gasteiger partial charge in [-0.15, -0.1) is 0 Å². The molecule has 2 heterocycles. The van der Waals surface area contributed by atoms with E-state index in [9.17, 15) is 20.0 Å². The van der Waals surface area contributed by atoms with Gasteiger partial charge in [0.15, 0.2) is 11.5 Å². The number of hydrogen-bond acceptors (Lipinski definition) is 9. The van der Waals surface area contributed by atoms with Crippen LogP contribution in [-0.2, 0) is 30.6 Å². The number of hydrogen-bond donors (Lipinski definition) is 1. The molecule has 0 atom stereocenters. The predicted molar refractivity (Wildman–Crippen MR) is 157 cm³/mol. The van der Waals surface area contributed by atoms with E-state index in [0.717, 1.165) is 40.8 Å². The van der Waals surface area contributed by atoms with Crippen molar-refractivity contribution in [3.63, 3.8) is 0 Å². The summed E-state index contributed by atoms with van der Waals surface area (Å²) in [5.74, 6) is 1.34. The van der Waals surface area contributed by atoms with E-state index >= 15 is 0 Å². The van der Waals surface area contributed by atoms with Crippen molar-refractivity contribution >= 4 is 39.8 Å². The molecule has 43 heavy (non-hydrogen) atoms. The number of furan rings is 1. The summed E-state index contributed by atoms with van der Waals surface area (Å²) >= 11 is 0. The quantitative estimate of drug-likeness (QED) is 0.152. The van der Waals surface area contributed by atoms with Crippen LogP contribution in [0, 0.1) is 10.1 Å². The van der Waals surface area contributed by atoms with Gasteiger partial charge in [0.2, 0.25) is 0 Å². The van der Waals surface area contributed by atoms with Crippen LogP contribution in [0.15, 0.2) is 58.0 Å². The zero-order valence-corrected chi connectivity index (χ0v) is 23.6. The van der Waals surface area contributed by atoms with Crippen molar-refractivity contribution in [1.82, 2.24) is 15.0 Å².